The van der Waals surface area contributed by atoms with Crippen molar-refractivity contribution in [3.05, 3.63) is 41.6 Å². The van der Waals surface area contributed by atoms with Crippen LogP contribution in [-0.2, 0) is 9.59 Å². The first-order chi connectivity index (χ1) is 7.63. The van der Waals surface area contributed by atoms with Crippen molar-refractivity contribution in [1.82, 2.24) is 10.7 Å². The van der Waals surface area contributed by atoms with E-state index in [9.17, 15) is 9.59 Å². The molecule has 0 fully saturated rings. The molecule has 0 unspecified atom stereocenters. The molecule has 0 saturated carbocycles. The van der Waals surface area contributed by atoms with Gasteiger partial charge in [-0.25, -0.2) is 5.84 Å². The minimum Gasteiger partial charge on any atom is -0.322 e. The summed E-state index contributed by atoms with van der Waals surface area (Å²) in [6, 6.07) is 9.14. The highest BCUT2D eigenvalue weighted by atomic mass is 16.2. The van der Waals surface area contributed by atoms with Gasteiger partial charge >= 0.3 is 0 Å². The van der Waals surface area contributed by atoms with Crippen LogP contribution < -0.4 is 16.6 Å². The molecule has 0 bridgehead atoms. The lowest BCUT2D eigenvalue weighted by molar-refractivity contribution is -0.122. The Hall–Kier alpha value is -2.14. The highest BCUT2D eigenvalue weighted by Gasteiger charge is 2.08. The predicted molar refractivity (Wildman–Crippen MR) is 60.6 cm³/mol. The van der Waals surface area contributed by atoms with E-state index >= 15 is 0 Å². The number of benzene rings is 1. The summed E-state index contributed by atoms with van der Waals surface area (Å²) >= 11 is 0. The highest BCUT2D eigenvalue weighted by Crippen LogP contribution is 2.04. The third-order valence-electron chi connectivity index (χ3n) is 1.80. The van der Waals surface area contributed by atoms with E-state index in [1.807, 2.05) is 35.8 Å². The van der Waals surface area contributed by atoms with Gasteiger partial charge in [0.2, 0.25) is 5.91 Å². The largest absolute Gasteiger partial charge is 0.322 e. The summed E-state index contributed by atoms with van der Waals surface area (Å²) in [6.45, 7) is 1.32. The molecule has 84 valence electrons. The first-order valence-electron chi connectivity index (χ1n) is 4.68. The van der Waals surface area contributed by atoms with E-state index in [4.69, 9.17) is 5.84 Å². The zero-order chi connectivity index (χ0) is 12.0. The molecule has 0 aromatic heterocycles. The van der Waals surface area contributed by atoms with Crippen LogP contribution in [0.1, 0.15) is 12.5 Å². The first-order valence-corrected chi connectivity index (χ1v) is 4.68. The molecule has 16 heavy (non-hydrogen) atoms. The second-order valence-corrected chi connectivity index (χ2v) is 3.12. The van der Waals surface area contributed by atoms with Gasteiger partial charge in [0.25, 0.3) is 5.91 Å². The number of nitrogens with two attached hydrogens (primary N) is 1. The standard InChI is InChI=1S/C11H13N3O2/c1-8(15)13-10(11(16)14-12)7-9-5-3-2-4-6-9/h2-7H,12H2,1H3,(H,13,15)(H,14,16). The van der Waals surface area contributed by atoms with Gasteiger partial charge in [0.05, 0.1) is 0 Å². The fraction of sp³-hybridized carbons (Fsp3) is 0.0909. The second-order valence-electron chi connectivity index (χ2n) is 3.12. The molecular formula is C11H13N3O2. The third kappa shape index (κ3) is 3.55. The summed E-state index contributed by atoms with van der Waals surface area (Å²) in [5.41, 5.74) is 2.88. The topological polar surface area (TPSA) is 84.2 Å². The quantitative estimate of drug-likeness (QED) is 0.293. The summed E-state index contributed by atoms with van der Waals surface area (Å²) in [6.07, 6.45) is 1.55. The molecule has 5 heteroatoms. The fourth-order valence-corrected chi connectivity index (χ4v) is 1.14. The van der Waals surface area contributed by atoms with Crippen LogP contribution in [0.5, 0.6) is 0 Å². The summed E-state index contributed by atoms with van der Waals surface area (Å²) in [7, 11) is 0. The fourth-order valence-electron chi connectivity index (χ4n) is 1.14. The van der Waals surface area contributed by atoms with E-state index in [0.29, 0.717) is 0 Å². The van der Waals surface area contributed by atoms with Crippen LogP contribution >= 0.6 is 0 Å². The molecule has 4 N–H and O–H groups in total. The molecule has 1 aromatic rings. The number of hydrazine groups is 1. The van der Waals surface area contributed by atoms with E-state index in [1.165, 1.54) is 6.92 Å². The van der Waals surface area contributed by atoms with Crippen LogP contribution in [0.15, 0.2) is 36.0 Å². The minimum atomic E-state index is -0.543. The molecule has 0 aliphatic carbocycles. The van der Waals surface area contributed by atoms with Crippen molar-refractivity contribution < 1.29 is 9.59 Å². The van der Waals surface area contributed by atoms with Crippen LogP contribution in [0.3, 0.4) is 0 Å². The molecule has 0 aliphatic rings. The number of carbonyl (C=O) groups is 2. The maximum atomic E-state index is 11.3. The van der Waals surface area contributed by atoms with Crippen LogP contribution in [0, 0.1) is 0 Å². The zero-order valence-electron chi connectivity index (χ0n) is 8.86. The van der Waals surface area contributed by atoms with Crippen LogP contribution in [0.4, 0.5) is 0 Å². The lowest BCUT2D eigenvalue weighted by Gasteiger charge is -2.06. The van der Waals surface area contributed by atoms with Gasteiger partial charge in [-0.2, -0.15) is 0 Å². The molecule has 0 spiro atoms. The normalized spacial score (nSPS) is 10.8. The number of hydrogen-bond donors (Lipinski definition) is 3. The average molecular weight is 219 g/mol. The van der Waals surface area contributed by atoms with Gasteiger partial charge in [-0.15, -0.1) is 0 Å². The molecular weight excluding hydrogens is 206 g/mol. The number of rotatable bonds is 3. The smallest absolute Gasteiger partial charge is 0.281 e. The van der Waals surface area contributed by atoms with Crippen LogP contribution in [0.2, 0.25) is 0 Å². The van der Waals surface area contributed by atoms with Gasteiger partial charge in [0, 0.05) is 6.92 Å². The Kier molecular flexibility index (Phi) is 4.23. The number of amides is 2. The van der Waals surface area contributed by atoms with Crippen molar-refractivity contribution in [2.75, 3.05) is 0 Å². The Morgan fingerprint density at radius 1 is 1.25 bits per heavy atom. The van der Waals surface area contributed by atoms with Crippen molar-refractivity contribution >= 4 is 17.9 Å². The SMILES string of the molecule is CC(=O)NC(=Cc1ccccc1)C(=O)NN. The molecule has 0 radical (unpaired) electrons. The molecule has 5 nitrogen and oxygen atoms in total. The van der Waals surface area contributed by atoms with Gasteiger partial charge in [-0.05, 0) is 11.6 Å². The van der Waals surface area contributed by atoms with Crippen molar-refractivity contribution in [2.24, 2.45) is 5.84 Å². The average Bonchev–Trinajstić information content (AvgIpc) is 2.28. The number of nitrogens with one attached hydrogen (secondary N) is 2. The maximum absolute atomic E-state index is 11.3. The maximum Gasteiger partial charge on any atom is 0.281 e. The lowest BCUT2D eigenvalue weighted by atomic mass is 10.2. The van der Waals surface area contributed by atoms with Crippen molar-refractivity contribution in [2.45, 2.75) is 6.92 Å². The molecule has 0 heterocycles. The lowest BCUT2D eigenvalue weighted by Crippen LogP contribution is -2.37. The van der Waals surface area contributed by atoms with Gasteiger partial charge in [-0.1, -0.05) is 30.3 Å². The Morgan fingerprint density at radius 3 is 2.38 bits per heavy atom. The Morgan fingerprint density at radius 2 is 1.88 bits per heavy atom. The van der Waals surface area contributed by atoms with Gasteiger partial charge in [0.1, 0.15) is 5.70 Å². The van der Waals surface area contributed by atoms with E-state index in [2.05, 4.69) is 5.32 Å². The summed E-state index contributed by atoms with van der Waals surface area (Å²) in [5, 5.41) is 2.41. The Labute approximate surface area is 93.3 Å². The Balaban J connectivity index is 2.96. The van der Waals surface area contributed by atoms with E-state index in [1.54, 1.807) is 6.08 Å². The van der Waals surface area contributed by atoms with E-state index in [0.717, 1.165) is 5.56 Å². The molecule has 2 amide bonds. The summed E-state index contributed by atoms with van der Waals surface area (Å²) in [4.78, 5) is 22.2. The molecule has 0 aliphatic heterocycles. The predicted octanol–water partition coefficient (Wildman–Crippen LogP) is 0.154. The molecule has 1 aromatic carbocycles. The van der Waals surface area contributed by atoms with E-state index in [-0.39, 0.29) is 11.6 Å². The minimum absolute atomic E-state index is 0.112. The third-order valence-corrected chi connectivity index (χ3v) is 1.80. The monoisotopic (exact) mass is 219 g/mol. The molecule has 1 rings (SSSR count). The molecule has 0 saturated heterocycles. The van der Waals surface area contributed by atoms with Gasteiger partial charge in [-0.3, -0.25) is 15.0 Å². The highest BCUT2D eigenvalue weighted by molar-refractivity contribution is 6.00. The van der Waals surface area contributed by atoms with Gasteiger partial charge < -0.3 is 5.32 Å². The van der Waals surface area contributed by atoms with Gasteiger partial charge in [0.15, 0.2) is 0 Å². The Bertz CT molecular complexity index is 412. The van der Waals surface area contributed by atoms with Crippen molar-refractivity contribution in [3.63, 3.8) is 0 Å². The van der Waals surface area contributed by atoms with E-state index < -0.39 is 5.91 Å². The molecule has 0 atom stereocenters. The summed E-state index contributed by atoms with van der Waals surface area (Å²) < 4.78 is 0. The number of hydrogen-bond acceptors (Lipinski definition) is 3. The van der Waals surface area contributed by atoms with Crippen LogP contribution in [-0.4, -0.2) is 11.8 Å². The first kappa shape index (κ1) is 11.9. The zero-order valence-corrected chi connectivity index (χ0v) is 8.86. The second kappa shape index (κ2) is 5.67. The summed E-state index contributed by atoms with van der Waals surface area (Å²) in [5.74, 6) is 4.14. The van der Waals surface area contributed by atoms with Crippen molar-refractivity contribution in [1.29, 1.82) is 0 Å². The number of carbonyl (C=O) groups excluding carboxylic acids is 2. The van der Waals surface area contributed by atoms with Crippen molar-refractivity contribution in [3.8, 4) is 0 Å². The van der Waals surface area contributed by atoms with Crippen LogP contribution in [0.25, 0.3) is 6.08 Å².